The molecule has 1 amide bonds. The predicted octanol–water partition coefficient (Wildman–Crippen LogP) is 5.96. The molecular formula is C27H22F3N3O5S. The number of carbonyl (C=O) groups is 2. The average Bonchev–Trinajstić information content (AvgIpc) is 3.37. The number of nitrogens with zero attached hydrogens (tertiary/aromatic N) is 2. The molecule has 0 aliphatic heterocycles. The molecule has 0 bridgehead atoms. The molecule has 3 aromatic carbocycles. The summed E-state index contributed by atoms with van der Waals surface area (Å²) in [5.41, 5.74) is 3.14. The van der Waals surface area contributed by atoms with Gasteiger partial charge in [-0.3, -0.25) is 9.59 Å². The van der Waals surface area contributed by atoms with Crippen molar-refractivity contribution in [3.8, 4) is 22.8 Å². The SMILES string of the molecule is O=C(O)CCNC(=O)c1ccc(CN(c2ccc(OC(F)(F)F)cc2)c2nc(-c3ccc(O)cc3)cs2)cc1. The molecule has 0 saturated carbocycles. The van der Waals surface area contributed by atoms with Crippen molar-refractivity contribution in [3.05, 3.63) is 89.3 Å². The topological polar surface area (TPSA) is 112 Å². The first-order valence-corrected chi connectivity index (χ1v) is 12.4. The number of aromatic nitrogens is 1. The van der Waals surface area contributed by atoms with Crippen LogP contribution in [0, 0.1) is 0 Å². The summed E-state index contributed by atoms with van der Waals surface area (Å²) in [7, 11) is 0. The van der Waals surface area contributed by atoms with E-state index in [2.05, 4.69) is 10.1 Å². The molecule has 0 saturated heterocycles. The van der Waals surface area contributed by atoms with Crippen LogP contribution in [-0.4, -0.2) is 40.0 Å². The summed E-state index contributed by atoms with van der Waals surface area (Å²) in [5.74, 6) is -1.65. The summed E-state index contributed by atoms with van der Waals surface area (Å²) in [4.78, 5) is 29.4. The van der Waals surface area contributed by atoms with E-state index in [1.807, 2.05) is 10.3 Å². The van der Waals surface area contributed by atoms with Gasteiger partial charge in [-0.05, 0) is 66.2 Å². The maximum atomic E-state index is 12.6. The van der Waals surface area contributed by atoms with Gasteiger partial charge in [-0.2, -0.15) is 0 Å². The second-order valence-electron chi connectivity index (χ2n) is 8.29. The lowest BCUT2D eigenvalue weighted by atomic mass is 10.1. The van der Waals surface area contributed by atoms with Gasteiger partial charge in [0, 0.05) is 28.7 Å². The van der Waals surface area contributed by atoms with Gasteiger partial charge in [-0.25, -0.2) is 4.98 Å². The number of anilines is 2. The molecule has 0 unspecified atom stereocenters. The molecule has 0 aliphatic rings. The van der Waals surface area contributed by atoms with E-state index >= 15 is 0 Å². The third-order valence-corrected chi connectivity index (χ3v) is 6.31. The Labute approximate surface area is 224 Å². The van der Waals surface area contributed by atoms with E-state index in [1.54, 1.807) is 48.5 Å². The number of aliphatic carboxylic acids is 1. The van der Waals surface area contributed by atoms with Crippen LogP contribution < -0.4 is 15.0 Å². The minimum Gasteiger partial charge on any atom is -0.508 e. The highest BCUT2D eigenvalue weighted by Crippen LogP contribution is 2.35. The van der Waals surface area contributed by atoms with Gasteiger partial charge in [0.05, 0.1) is 18.7 Å². The summed E-state index contributed by atoms with van der Waals surface area (Å²) < 4.78 is 41.9. The van der Waals surface area contributed by atoms with E-state index in [0.29, 0.717) is 22.1 Å². The maximum Gasteiger partial charge on any atom is 0.573 e. The largest absolute Gasteiger partial charge is 0.573 e. The second-order valence-corrected chi connectivity index (χ2v) is 9.12. The zero-order valence-corrected chi connectivity index (χ0v) is 21.0. The number of ether oxygens (including phenoxy) is 1. The normalized spacial score (nSPS) is 11.2. The number of hydrogen-bond donors (Lipinski definition) is 3. The number of hydrogen-bond acceptors (Lipinski definition) is 7. The number of carboxylic acids is 1. The molecule has 0 fully saturated rings. The molecule has 4 rings (SSSR count). The van der Waals surface area contributed by atoms with Crippen LogP contribution in [0.4, 0.5) is 24.0 Å². The van der Waals surface area contributed by atoms with E-state index in [1.165, 1.54) is 35.6 Å². The van der Waals surface area contributed by atoms with E-state index < -0.39 is 18.2 Å². The van der Waals surface area contributed by atoms with Crippen molar-refractivity contribution in [1.29, 1.82) is 0 Å². The number of carboxylic acid groups (broad SMARTS) is 1. The Kier molecular flexibility index (Phi) is 8.35. The highest BCUT2D eigenvalue weighted by molar-refractivity contribution is 7.14. The lowest BCUT2D eigenvalue weighted by Crippen LogP contribution is -2.26. The third kappa shape index (κ3) is 7.71. The van der Waals surface area contributed by atoms with Gasteiger partial charge in [0.25, 0.3) is 5.91 Å². The molecule has 1 aromatic heterocycles. The molecule has 202 valence electrons. The quantitative estimate of drug-likeness (QED) is 0.221. The van der Waals surface area contributed by atoms with Crippen LogP contribution in [0.3, 0.4) is 0 Å². The first-order valence-electron chi connectivity index (χ1n) is 11.5. The zero-order chi connectivity index (χ0) is 28.0. The summed E-state index contributed by atoms with van der Waals surface area (Å²) in [6.45, 7) is 0.286. The number of phenols is 1. The number of rotatable bonds is 10. The van der Waals surface area contributed by atoms with E-state index in [4.69, 9.17) is 10.1 Å². The number of benzene rings is 3. The van der Waals surface area contributed by atoms with Crippen LogP contribution in [0.25, 0.3) is 11.3 Å². The van der Waals surface area contributed by atoms with Crippen LogP contribution in [0.2, 0.25) is 0 Å². The predicted molar refractivity (Wildman–Crippen MR) is 139 cm³/mol. The molecular weight excluding hydrogens is 535 g/mol. The summed E-state index contributed by atoms with van der Waals surface area (Å²) in [6.07, 6.45) is -5.00. The van der Waals surface area contributed by atoms with Crippen molar-refractivity contribution in [3.63, 3.8) is 0 Å². The van der Waals surface area contributed by atoms with E-state index in [-0.39, 0.29) is 31.0 Å². The van der Waals surface area contributed by atoms with Gasteiger partial charge in [-0.1, -0.05) is 12.1 Å². The lowest BCUT2D eigenvalue weighted by molar-refractivity contribution is -0.274. The fourth-order valence-corrected chi connectivity index (χ4v) is 4.43. The Bertz CT molecular complexity index is 1420. The highest BCUT2D eigenvalue weighted by Gasteiger charge is 2.31. The van der Waals surface area contributed by atoms with Gasteiger partial charge < -0.3 is 25.2 Å². The summed E-state index contributed by atoms with van der Waals surface area (Å²) in [5, 5.41) is 23.2. The molecule has 1 heterocycles. The molecule has 0 spiro atoms. The van der Waals surface area contributed by atoms with Gasteiger partial charge in [-0.15, -0.1) is 24.5 Å². The number of thiazole rings is 1. The standard InChI is InChI=1S/C27H22F3N3O5S/c28-27(29,30)38-22-11-7-20(8-12-22)33(26-32-23(16-39-26)18-5-9-21(34)10-6-18)15-17-1-3-19(4-2-17)25(37)31-14-13-24(35)36/h1-12,16,34H,13-15H2,(H,31,37)(H,35,36). The van der Waals surface area contributed by atoms with Crippen molar-refractivity contribution >= 4 is 34.0 Å². The number of carbonyl (C=O) groups excluding carboxylic acids is 1. The molecule has 4 aromatic rings. The number of nitrogens with one attached hydrogen (secondary N) is 1. The Hall–Kier alpha value is -4.58. The summed E-state index contributed by atoms with van der Waals surface area (Å²) >= 11 is 1.33. The van der Waals surface area contributed by atoms with Crippen molar-refractivity contribution < 1.29 is 37.7 Å². The smallest absolute Gasteiger partial charge is 0.508 e. The van der Waals surface area contributed by atoms with Gasteiger partial charge in [0.15, 0.2) is 5.13 Å². The molecule has 0 atom stereocenters. The van der Waals surface area contributed by atoms with Gasteiger partial charge >= 0.3 is 12.3 Å². The van der Waals surface area contributed by atoms with Gasteiger partial charge in [0.1, 0.15) is 11.5 Å². The fraction of sp³-hybridized carbons (Fsp3) is 0.148. The highest BCUT2D eigenvalue weighted by atomic mass is 32.1. The van der Waals surface area contributed by atoms with Crippen LogP contribution in [0.15, 0.2) is 78.2 Å². The lowest BCUT2D eigenvalue weighted by Gasteiger charge is -2.23. The summed E-state index contributed by atoms with van der Waals surface area (Å²) in [6, 6.07) is 18.6. The van der Waals surface area contributed by atoms with Crippen LogP contribution >= 0.6 is 11.3 Å². The monoisotopic (exact) mass is 557 g/mol. The molecule has 3 N–H and O–H groups in total. The molecule has 0 aliphatic carbocycles. The molecule has 0 radical (unpaired) electrons. The Balaban J connectivity index is 1.58. The number of halogens is 3. The van der Waals surface area contributed by atoms with Crippen molar-refractivity contribution in [2.24, 2.45) is 0 Å². The molecule has 39 heavy (non-hydrogen) atoms. The van der Waals surface area contributed by atoms with Crippen LogP contribution in [0.1, 0.15) is 22.3 Å². The van der Waals surface area contributed by atoms with Crippen molar-refractivity contribution in [1.82, 2.24) is 10.3 Å². The van der Waals surface area contributed by atoms with Crippen molar-refractivity contribution in [2.75, 3.05) is 11.4 Å². The fourth-order valence-electron chi connectivity index (χ4n) is 3.58. The van der Waals surface area contributed by atoms with E-state index in [9.17, 15) is 27.9 Å². The van der Waals surface area contributed by atoms with Crippen molar-refractivity contribution in [2.45, 2.75) is 19.3 Å². The van der Waals surface area contributed by atoms with Crippen LogP contribution in [0.5, 0.6) is 11.5 Å². The maximum absolute atomic E-state index is 12.6. The molecule has 12 heteroatoms. The first kappa shape index (κ1) is 27.5. The van der Waals surface area contributed by atoms with Crippen LogP contribution in [-0.2, 0) is 11.3 Å². The minimum absolute atomic E-state index is 0.00512. The number of phenolic OH excluding ortho intramolecular Hbond substituents is 1. The van der Waals surface area contributed by atoms with E-state index in [0.717, 1.165) is 11.1 Å². The Morgan fingerprint density at radius 3 is 2.26 bits per heavy atom. The first-order chi connectivity index (χ1) is 18.6. The van der Waals surface area contributed by atoms with Gasteiger partial charge in [0.2, 0.25) is 0 Å². The Morgan fingerprint density at radius 1 is 0.974 bits per heavy atom. The number of aromatic hydroxyl groups is 1. The minimum atomic E-state index is -4.81. The number of alkyl halides is 3. The number of amides is 1. The third-order valence-electron chi connectivity index (χ3n) is 5.45. The Morgan fingerprint density at radius 2 is 1.64 bits per heavy atom. The zero-order valence-electron chi connectivity index (χ0n) is 20.2. The second kappa shape index (κ2) is 11.9. The average molecular weight is 558 g/mol. The molecule has 8 nitrogen and oxygen atoms in total.